The number of halogens is 2. The number of H-pyrrole nitrogens is 2. The van der Waals surface area contributed by atoms with E-state index in [1.54, 1.807) is 23.2 Å². The molecule has 402 valence electrons. The average Bonchev–Trinajstić information content (AvgIpc) is 4.35. The van der Waals surface area contributed by atoms with Crippen molar-refractivity contribution in [1.82, 2.24) is 39.8 Å². The Hall–Kier alpha value is -7.06. The van der Waals surface area contributed by atoms with Crippen LogP contribution in [0.15, 0.2) is 164 Å². The Bertz CT molecular complexity index is 3240. The quantitative estimate of drug-likeness (QED) is 0.0919. The molecular weight excluding hydrogens is 1020 g/mol. The second-order valence-electron chi connectivity index (χ2n) is 20.9. The number of hydrogen-bond donors (Lipinski definition) is 3. The maximum Gasteiger partial charge on any atom is 0.295 e. The van der Waals surface area contributed by atoms with Gasteiger partial charge >= 0.3 is 0 Å². The Morgan fingerprint density at radius 3 is 1.38 bits per heavy atom. The van der Waals surface area contributed by atoms with Crippen molar-refractivity contribution >= 4 is 68.5 Å². The minimum Gasteiger partial charge on any atom is -0.361 e. The second kappa shape index (κ2) is 25.2. The van der Waals surface area contributed by atoms with E-state index in [4.69, 9.17) is 23.2 Å². The Balaban J connectivity index is 0.000000166. The van der Waals surface area contributed by atoms with Crippen LogP contribution in [0.1, 0.15) is 105 Å². The lowest BCUT2D eigenvalue weighted by molar-refractivity contribution is -0.125. The summed E-state index contributed by atoms with van der Waals surface area (Å²) >= 11 is 13.1. The number of benzene rings is 6. The number of carbonyl (C=O) groups excluding carboxylic acids is 4. The number of fused-ring (bicyclic) bond motifs is 2. The third kappa shape index (κ3) is 12.1. The number of aromatic amines is 2. The van der Waals surface area contributed by atoms with Crippen molar-refractivity contribution in [2.45, 2.75) is 63.7 Å². The fraction of sp³-hybridized carbons (Fsp3) is 0.312. The van der Waals surface area contributed by atoms with E-state index in [0.29, 0.717) is 71.3 Å². The molecule has 2 aromatic heterocycles. The largest absolute Gasteiger partial charge is 0.361 e. The second-order valence-corrected chi connectivity index (χ2v) is 21.7. The first-order chi connectivity index (χ1) is 38.0. The van der Waals surface area contributed by atoms with E-state index in [1.165, 1.54) is 48.2 Å². The number of nitrogens with zero attached hydrogens (tertiary/aromatic N) is 5. The van der Waals surface area contributed by atoms with Crippen molar-refractivity contribution < 1.29 is 19.2 Å². The fourth-order valence-electron chi connectivity index (χ4n) is 11.7. The zero-order valence-electron chi connectivity index (χ0n) is 44.4. The molecule has 6 heterocycles. The molecule has 12 rings (SSSR count). The predicted octanol–water partition coefficient (Wildman–Crippen LogP) is 11.7. The molecule has 4 aliphatic heterocycles. The molecule has 14 heteroatoms. The topological polar surface area (TPSA) is 128 Å². The van der Waals surface area contributed by atoms with E-state index >= 15 is 0 Å². The van der Waals surface area contributed by atoms with Gasteiger partial charge in [-0.05, 0) is 105 Å². The Morgan fingerprint density at radius 2 is 0.949 bits per heavy atom. The maximum absolute atomic E-state index is 13.9. The molecule has 3 amide bonds. The van der Waals surface area contributed by atoms with E-state index in [-0.39, 0.29) is 41.5 Å². The summed E-state index contributed by atoms with van der Waals surface area (Å²) in [6, 6.07) is 51.4. The Labute approximate surface area is 467 Å². The maximum atomic E-state index is 13.9. The van der Waals surface area contributed by atoms with E-state index in [2.05, 4.69) is 148 Å². The lowest BCUT2D eigenvalue weighted by atomic mass is 9.95. The number of likely N-dealkylation sites (tertiary alicyclic amines) is 1. The molecule has 0 spiro atoms. The van der Waals surface area contributed by atoms with Gasteiger partial charge in [-0.15, -0.1) is 0 Å². The summed E-state index contributed by atoms with van der Waals surface area (Å²) in [6.07, 6.45) is 8.00. The van der Waals surface area contributed by atoms with Crippen LogP contribution in [0, 0.1) is 0 Å². The number of ketones is 1. The van der Waals surface area contributed by atoms with Gasteiger partial charge in [-0.3, -0.25) is 29.0 Å². The van der Waals surface area contributed by atoms with Gasteiger partial charge in [0.1, 0.15) is 0 Å². The van der Waals surface area contributed by atoms with Gasteiger partial charge in [-0.1, -0.05) is 145 Å². The SMILES string of the molecule is C1CCNC1.C[C@@H]1CN(C(c2ccccc2)c2ccccc2)CCN1C(=O)c1cc2c(C(=O)C(=O)N3CCCC3)c[nH]c2cc1Cl.C[C@@H]1CN(C(c2ccccc2)c2ccccc2)CCN1C(=O)c1cc2cc[nH]c2cc1Cl. The van der Waals surface area contributed by atoms with Gasteiger partial charge in [0.25, 0.3) is 23.5 Å². The van der Waals surface area contributed by atoms with Gasteiger partial charge in [0.2, 0.25) is 0 Å². The Morgan fingerprint density at radius 1 is 0.500 bits per heavy atom. The van der Waals surface area contributed by atoms with Gasteiger partial charge in [-0.25, -0.2) is 0 Å². The predicted molar refractivity (Wildman–Crippen MR) is 312 cm³/mol. The van der Waals surface area contributed by atoms with Crippen LogP contribution in [0.2, 0.25) is 10.0 Å². The van der Waals surface area contributed by atoms with Crippen LogP contribution in [-0.4, -0.2) is 136 Å². The van der Waals surface area contributed by atoms with E-state index in [1.807, 2.05) is 46.3 Å². The molecule has 4 fully saturated rings. The number of Topliss-reactive ketones (excluding diaryl/α,β-unsaturated/α-hetero) is 1. The third-order valence-electron chi connectivity index (χ3n) is 15.7. The molecule has 0 unspecified atom stereocenters. The van der Waals surface area contributed by atoms with Gasteiger partial charge in [0.05, 0.1) is 38.8 Å². The molecule has 4 aliphatic rings. The van der Waals surface area contributed by atoms with Crippen LogP contribution in [0.25, 0.3) is 21.8 Å². The Kier molecular flexibility index (Phi) is 17.5. The number of aromatic nitrogens is 2. The van der Waals surface area contributed by atoms with Crippen LogP contribution in [0.5, 0.6) is 0 Å². The number of piperazine rings is 2. The van der Waals surface area contributed by atoms with Crippen molar-refractivity contribution in [3.8, 4) is 0 Å². The molecule has 0 aliphatic carbocycles. The standard InChI is InChI=1S/C33H33ClN4O3.C27H26ClN3O.C4H9N/c1-22-21-37(30(23-10-4-2-5-11-23)24-12-6-3-7-13-24)16-17-38(22)32(40)26-18-25-27(20-35-29(25)19-28(26)34)31(39)33(41)36-14-8-9-15-36;1-19-18-30(26(20-8-4-2-5-9-20)21-10-6-3-7-11-21)14-15-31(19)27(32)23-16-22-12-13-29-25(22)17-24(23)28;1-2-4-5-3-1/h2-7,10-13,18-20,22,30,35H,8-9,14-17,21H2,1H3;2-13,16-17,19,26,29H,14-15,18H2,1H3;5H,1-4H2/t22-;19-;/m11./s1. The van der Waals surface area contributed by atoms with E-state index in [9.17, 15) is 19.2 Å². The number of hydrogen-bond acceptors (Lipinski definition) is 7. The average molecular weight is 1080 g/mol. The van der Waals surface area contributed by atoms with Crippen LogP contribution in [0.4, 0.5) is 0 Å². The summed E-state index contributed by atoms with van der Waals surface area (Å²) in [6.45, 7) is 12.1. The van der Waals surface area contributed by atoms with E-state index < -0.39 is 11.7 Å². The number of rotatable bonds is 10. The van der Waals surface area contributed by atoms with Crippen LogP contribution < -0.4 is 5.32 Å². The third-order valence-corrected chi connectivity index (χ3v) is 16.3. The first-order valence-corrected chi connectivity index (χ1v) is 28.2. The van der Waals surface area contributed by atoms with Crippen molar-refractivity contribution in [3.63, 3.8) is 0 Å². The first kappa shape index (κ1) is 54.3. The summed E-state index contributed by atoms with van der Waals surface area (Å²) in [7, 11) is 0. The molecule has 0 saturated carbocycles. The monoisotopic (exact) mass is 1080 g/mol. The lowest BCUT2D eigenvalue weighted by Crippen LogP contribution is -2.54. The highest BCUT2D eigenvalue weighted by molar-refractivity contribution is 6.45. The lowest BCUT2D eigenvalue weighted by Gasteiger charge is -2.43. The zero-order chi connectivity index (χ0) is 54.1. The summed E-state index contributed by atoms with van der Waals surface area (Å²) < 4.78 is 0. The molecule has 2 atom stereocenters. The fourth-order valence-corrected chi connectivity index (χ4v) is 12.1. The van der Waals surface area contributed by atoms with E-state index in [0.717, 1.165) is 36.8 Å². The molecule has 78 heavy (non-hydrogen) atoms. The van der Waals surface area contributed by atoms with Crippen LogP contribution in [0.3, 0.4) is 0 Å². The van der Waals surface area contributed by atoms with Gasteiger partial charge in [0, 0.05) is 98.6 Å². The van der Waals surface area contributed by atoms with Gasteiger partial charge in [0.15, 0.2) is 0 Å². The number of nitrogens with one attached hydrogen (secondary N) is 3. The van der Waals surface area contributed by atoms with Crippen LogP contribution in [-0.2, 0) is 4.79 Å². The molecule has 0 bridgehead atoms. The summed E-state index contributed by atoms with van der Waals surface area (Å²) in [5, 5.41) is 5.56. The van der Waals surface area contributed by atoms with Crippen molar-refractivity contribution in [2.24, 2.45) is 0 Å². The molecule has 12 nitrogen and oxygen atoms in total. The molecule has 8 aromatic rings. The number of carbonyl (C=O) groups is 4. The van der Waals surface area contributed by atoms with Crippen molar-refractivity contribution in [1.29, 1.82) is 0 Å². The minimum atomic E-state index is -0.561. The van der Waals surface area contributed by atoms with Crippen molar-refractivity contribution in [2.75, 3.05) is 65.4 Å². The number of amides is 3. The molecular formula is C64H68Cl2N8O4. The smallest absolute Gasteiger partial charge is 0.295 e. The highest BCUT2D eigenvalue weighted by Gasteiger charge is 2.36. The molecule has 6 aromatic carbocycles. The highest BCUT2D eigenvalue weighted by Crippen LogP contribution is 2.35. The molecule has 0 radical (unpaired) electrons. The first-order valence-electron chi connectivity index (χ1n) is 27.5. The molecule has 4 saturated heterocycles. The normalized spacial score (nSPS) is 18.0. The molecule has 3 N–H and O–H groups in total. The van der Waals surface area contributed by atoms with Crippen LogP contribution >= 0.6 is 23.2 Å². The minimum absolute atomic E-state index is 0.00113. The zero-order valence-corrected chi connectivity index (χ0v) is 45.9. The summed E-state index contributed by atoms with van der Waals surface area (Å²) in [5.74, 6) is -1.23. The van der Waals surface area contributed by atoms with Crippen molar-refractivity contribution in [3.05, 3.63) is 213 Å². The van der Waals surface area contributed by atoms with Gasteiger partial charge in [-0.2, -0.15) is 0 Å². The summed E-state index contributed by atoms with van der Waals surface area (Å²) in [5.41, 5.74) is 7.71. The summed E-state index contributed by atoms with van der Waals surface area (Å²) in [4.78, 5) is 69.8. The highest BCUT2D eigenvalue weighted by atomic mass is 35.5. The van der Waals surface area contributed by atoms with Gasteiger partial charge < -0.3 is 30.0 Å².